The van der Waals surface area contributed by atoms with E-state index in [4.69, 9.17) is 4.74 Å². The molecular formula is C67H129NO5. The molecule has 0 saturated carbocycles. The molecule has 2 unspecified atom stereocenters. The molecule has 0 aromatic rings. The van der Waals surface area contributed by atoms with E-state index >= 15 is 0 Å². The zero-order chi connectivity index (χ0) is 52.9. The van der Waals surface area contributed by atoms with Crippen molar-refractivity contribution < 1.29 is 24.5 Å². The van der Waals surface area contributed by atoms with Crippen molar-refractivity contribution in [2.24, 2.45) is 0 Å². The van der Waals surface area contributed by atoms with Crippen LogP contribution in [0.2, 0.25) is 0 Å². The summed E-state index contributed by atoms with van der Waals surface area (Å²) in [4.78, 5) is 24.5. The largest absolute Gasteiger partial charge is 0.466 e. The smallest absolute Gasteiger partial charge is 0.305 e. The summed E-state index contributed by atoms with van der Waals surface area (Å²) in [5.41, 5.74) is 0. The zero-order valence-electron chi connectivity index (χ0n) is 49.4. The first-order chi connectivity index (χ1) is 36.0. The van der Waals surface area contributed by atoms with Crippen LogP contribution in [0.3, 0.4) is 0 Å². The SMILES string of the molecule is CCCCCCCCC/C=C\CCCCCCCC(=O)OCCCCCCCCCCCCCCCCCCCCCCCCCCCC(=O)NC(CO)C(O)/C=C/CCCCCCCCCCCCCCC. The molecule has 0 radical (unpaired) electrons. The van der Waals surface area contributed by atoms with E-state index in [1.54, 1.807) is 6.08 Å². The van der Waals surface area contributed by atoms with Gasteiger partial charge in [0.05, 0.1) is 25.4 Å². The fraction of sp³-hybridized carbons (Fsp3) is 0.910. The molecule has 0 aromatic carbocycles. The molecule has 73 heavy (non-hydrogen) atoms. The van der Waals surface area contributed by atoms with Crippen LogP contribution in [-0.2, 0) is 14.3 Å². The first-order valence-electron chi connectivity index (χ1n) is 33.1. The molecule has 0 fully saturated rings. The normalized spacial score (nSPS) is 12.7. The number of rotatable bonds is 62. The number of hydrogen-bond acceptors (Lipinski definition) is 5. The summed E-state index contributed by atoms with van der Waals surface area (Å²) >= 11 is 0. The van der Waals surface area contributed by atoms with Gasteiger partial charge in [0.2, 0.25) is 5.91 Å². The van der Waals surface area contributed by atoms with Crippen LogP contribution >= 0.6 is 0 Å². The summed E-state index contributed by atoms with van der Waals surface area (Å²) in [6.07, 6.45) is 78.1. The molecule has 6 heteroatoms. The number of allylic oxidation sites excluding steroid dienone is 3. The van der Waals surface area contributed by atoms with Crippen LogP contribution in [0.5, 0.6) is 0 Å². The van der Waals surface area contributed by atoms with Gasteiger partial charge < -0.3 is 20.3 Å². The molecule has 0 spiro atoms. The molecule has 0 aromatic heterocycles. The Hall–Kier alpha value is -1.66. The molecule has 0 saturated heterocycles. The Kier molecular flexibility index (Phi) is 61.4. The summed E-state index contributed by atoms with van der Waals surface area (Å²) in [6, 6.07) is -0.626. The maximum absolute atomic E-state index is 12.5. The van der Waals surface area contributed by atoms with Crippen LogP contribution in [0.15, 0.2) is 24.3 Å². The average Bonchev–Trinajstić information content (AvgIpc) is 3.39. The van der Waals surface area contributed by atoms with Crippen molar-refractivity contribution in [1.29, 1.82) is 0 Å². The van der Waals surface area contributed by atoms with E-state index in [1.165, 1.54) is 295 Å². The molecule has 6 nitrogen and oxygen atoms in total. The highest BCUT2D eigenvalue weighted by Crippen LogP contribution is 2.18. The monoisotopic (exact) mass is 1030 g/mol. The Bertz CT molecular complexity index is 1140. The zero-order valence-corrected chi connectivity index (χ0v) is 49.4. The van der Waals surface area contributed by atoms with E-state index in [1.807, 2.05) is 6.08 Å². The van der Waals surface area contributed by atoms with Gasteiger partial charge in [0.25, 0.3) is 0 Å². The fourth-order valence-electron chi connectivity index (χ4n) is 10.4. The second-order valence-electron chi connectivity index (χ2n) is 22.8. The van der Waals surface area contributed by atoms with Gasteiger partial charge in [0.15, 0.2) is 0 Å². The fourth-order valence-corrected chi connectivity index (χ4v) is 10.4. The number of unbranched alkanes of at least 4 members (excludes halogenated alkanes) is 49. The number of carbonyl (C=O) groups is 2. The van der Waals surface area contributed by atoms with Crippen molar-refractivity contribution in [3.05, 3.63) is 24.3 Å². The summed E-state index contributed by atoms with van der Waals surface area (Å²) < 4.78 is 5.49. The summed E-state index contributed by atoms with van der Waals surface area (Å²) in [5.74, 6) is -0.0552. The molecule has 0 aliphatic rings. The molecule has 1 amide bonds. The molecule has 432 valence electrons. The minimum Gasteiger partial charge on any atom is -0.466 e. The number of carbonyl (C=O) groups excluding carboxylic acids is 2. The number of nitrogens with one attached hydrogen (secondary N) is 1. The minimum atomic E-state index is -0.843. The molecule has 0 heterocycles. The van der Waals surface area contributed by atoms with Crippen LogP contribution in [0.1, 0.15) is 367 Å². The van der Waals surface area contributed by atoms with Gasteiger partial charge in [-0.1, -0.05) is 321 Å². The van der Waals surface area contributed by atoms with E-state index in [-0.39, 0.29) is 18.5 Å². The van der Waals surface area contributed by atoms with Crippen molar-refractivity contribution in [2.75, 3.05) is 13.2 Å². The van der Waals surface area contributed by atoms with Gasteiger partial charge in [-0.3, -0.25) is 9.59 Å². The lowest BCUT2D eigenvalue weighted by molar-refractivity contribution is -0.143. The topological polar surface area (TPSA) is 95.9 Å². The van der Waals surface area contributed by atoms with Gasteiger partial charge in [-0.2, -0.15) is 0 Å². The number of aliphatic hydroxyl groups is 2. The molecule has 2 atom stereocenters. The predicted molar refractivity (Wildman–Crippen MR) is 320 cm³/mol. The molecular weight excluding hydrogens is 899 g/mol. The molecule has 0 rings (SSSR count). The van der Waals surface area contributed by atoms with E-state index in [0.29, 0.717) is 19.4 Å². The van der Waals surface area contributed by atoms with E-state index < -0.39 is 12.1 Å². The van der Waals surface area contributed by atoms with Gasteiger partial charge in [-0.25, -0.2) is 0 Å². The summed E-state index contributed by atoms with van der Waals surface area (Å²) in [6.45, 7) is 4.92. The molecule has 3 N–H and O–H groups in total. The standard InChI is InChI=1S/C67H129NO5/c1-3-5-7-9-11-13-15-17-19-33-37-41-45-49-53-57-61-67(72)73-62-58-54-50-46-42-38-34-30-28-26-24-22-20-21-23-25-27-29-32-36-40-44-48-52-56-60-66(71)68-64(63-69)65(70)59-55-51-47-43-39-35-31-18-16-14-12-10-8-6-4-2/h19,33,55,59,64-65,69-70H,3-18,20-32,34-54,56-58,60-63H2,1-2H3,(H,68,71)/b33-19-,59-55+. The van der Waals surface area contributed by atoms with Crippen molar-refractivity contribution in [3.8, 4) is 0 Å². The van der Waals surface area contributed by atoms with Gasteiger partial charge in [-0.05, 0) is 57.8 Å². The van der Waals surface area contributed by atoms with Gasteiger partial charge in [0, 0.05) is 12.8 Å². The van der Waals surface area contributed by atoms with Crippen molar-refractivity contribution in [2.45, 2.75) is 379 Å². The average molecular weight is 1030 g/mol. The van der Waals surface area contributed by atoms with Crippen LogP contribution in [0.4, 0.5) is 0 Å². The van der Waals surface area contributed by atoms with E-state index in [9.17, 15) is 19.8 Å². The number of amides is 1. The molecule has 0 aliphatic heterocycles. The highest BCUT2D eigenvalue weighted by atomic mass is 16.5. The Morgan fingerprint density at radius 1 is 0.370 bits per heavy atom. The molecule has 0 bridgehead atoms. The highest BCUT2D eigenvalue weighted by molar-refractivity contribution is 5.76. The van der Waals surface area contributed by atoms with Crippen molar-refractivity contribution >= 4 is 11.9 Å². The van der Waals surface area contributed by atoms with E-state index in [2.05, 4.69) is 31.3 Å². The van der Waals surface area contributed by atoms with E-state index in [0.717, 1.165) is 44.9 Å². The first-order valence-corrected chi connectivity index (χ1v) is 33.1. The van der Waals surface area contributed by atoms with Gasteiger partial charge in [0.1, 0.15) is 0 Å². The lowest BCUT2D eigenvalue weighted by atomic mass is 10.0. The quantitative estimate of drug-likeness (QED) is 0.0320. The highest BCUT2D eigenvalue weighted by Gasteiger charge is 2.18. The van der Waals surface area contributed by atoms with Crippen LogP contribution in [0.25, 0.3) is 0 Å². The van der Waals surface area contributed by atoms with Crippen LogP contribution in [-0.4, -0.2) is 47.4 Å². The third kappa shape index (κ3) is 59.4. The van der Waals surface area contributed by atoms with Gasteiger partial charge >= 0.3 is 5.97 Å². The third-order valence-electron chi connectivity index (χ3n) is 15.5. The second-order valence-corrected chi connectivity index (χ2v) is 22.8. The van der Waals surface area contributed by atoms with Crippen molar-refractivity contribution in [3.63, 3.8) is 0 Å². The van der Waals surface area contributed by atoms with Crippen LogP contribution in [0, 0.1) is 0 Å². The number of esters is 1. The number of aliphatic hydroxyl groups excluding tert-OH is 2. The number of ether oxygens (including phenoxy) is 1. The maximum atomic E-state index is 12.5. The van der Waals surface area contributed by atoms with Crippen molar-refractivity contribution in [1.82, 2.24) is 5.32 Å². The number of hydrogen-bond donors (Lipinski definition) is 3. The summed E-state index contributed by atoms with van der Waals surface area (Å²) in [5, 5.41) is 23.1. The Morgan fingerprint density at radius 2 is 0.644 bits per heavy atom. The van der Waals surface area contributed by atoms with Gasteiger partial charge in [-0.15, -0.1) is 0 Å². The Morgan fingerprint density at radius 3 is 0.973 bits per heavy atom. The maximum Gasteiger partial charge on any atom is 0.305 e. The first kappa shape index (κ1) is 71.3. The second kappa shape index (κ2) is 62.9. The predicted octanol–water partition coefficient (Wildman–Crippen LogP) is 21.0. The summed E-state index contributed by atoms with van der Waals surface area (Å²) in [7, 11) is 0. The lowest BCUT2D eigenvalue weighted by Gasteiger charge is -2.20. The third-order valence-corrected chi connectivity index (χ3v) is 15.5. The minimum absolute atomic E-state index is 0.00906. The molecule has 0 aliphatic carbocycles. The van der Waals surface area contributed by atoms with Crippen LogP contribution < -0.4 is 5.32 Å². The Balaban J connectivity index is 3.37. The lowest BCUT2D eigenvalue weighted by Crippen LogP contribution is -2.45. The Labute approximate surface area is 456 Å².